The Morgan fingerprint density at radius 2 is 2.24 bits per heavy atom. The number of β-amino-alcohol motifs (C(OH)–C–C–N with tert-alkyl or cyclic N) is 1. The zero-order valence-corrected chi connectivity index (χ0v) is 10.1. The molecule has 0 saturated carbocycles. The van der Waals surface area contributed by atoms with Gasteiger partial charge < -0.3 is 20.5 Å². The third-order valence-corrected chi connectivity index (χ3v) is 3.22. The number of aliphatic hydroxyl groups excluding tert-OH is 1. The van der Waals surface area contributed by atoms with Crippen molar-refractivity contribution >= 4 is 0 Å². The molecular weight excluding hydrogens is 216 g/mol. The van der Waals surface area contributed by atoms with Gasteiger partial charge in [-0.05, 0) is 6.07 Å². The Morgan fingerprint density at radius 3 is 2.94 bits per heavy atom. The minimum atomic E-state index is -0.222. The first-order chi connectivity index (χ1) is 8.31. The summed E-state index contributed by atoms with van der Waals surface area (Å²) < 4.78 is 5.29. The summed E-state index contributed by atoms with van der Waals surface area (Å²) in [6.07, 6.45) is -0.222. The fraction of sp³-hybridized carbons (Fsp3) is 0.538. The van der Waals surface area contributed by atoms with E-state index >= 15 is 0 Å². The van der Waals surface area contributed by atoms with Crippen LogP contribution in [0.15, 0.2) is 24.3 Å². The predicted octanol–water partition coefficient (Wildman–Crippen LogP) is 0.365. The highest BCUT2D eigenvalue weighted by Gasteiger charge is 2.24. The van der Waals surface area contributed by atoms with E-state index in [2.05, 4.69) is 16.7 Å². The monoisotopic (exact) mass is 236 g/mol. The van der Waals surface area contributed by atoms with Gasteiger partial charge in [0.25, 0.3) is 0 Å². The van der Waals surface area contributed by atoms with Gasteiger partial charge in [0.15, 0.2) is 0 Å². The van der Waals surface area contributed by atoms with E-state index < -0.39 is 0 Å². The third-order valence-electron chi connectivity index (χ3n) is 3.22. The molecule has 0 spiro atoms. The highest BCUT2D eigenvalue weighted by Crippen LogP contribution is 2.17. The summed E-state index contributed by atoms with van der Waals surface area (Å²) in [4.78, 5) is 0. The maximum Gasteiger partial charge on any atom is 0.123 e. The lowest BCUT2D eigenvalue weighted by atomic mass is 10.1. The first-order valence-corrected chi connectivity index (χ1v) is 6.02. The van der Waals surface area contributed by atoms with Gasteiger partial charge in [-0.2, -0.15) is 0 Å². The molecule has 2 rings (SSSR count). The van der Waals surface area contributed by atoms with E-state index in [1.165, 1.54) is 0 Å². The van der Waals surface area contributed by atoms with Gasteiger partial charge >= 0.3 is 0 Å². The molecule has 1 fully saturated rings. The molecule has 1 heterocycles. The van der Waals surface area contributed by atoms with E-state index in [0.717, 1.165) is 30.9 Å². The van der Waals surface area contributed by atoms with Crippen LogP contribution in [0.5, 0.6) is 5.75 Å². The van der Waals surface area contributed by atoms with E-state index in [4.69, 9.17) is 4.74 Å². The molecule has 4 nitrogen and oxygen atoms in total. The van der Waals surface area contributed by atoms with Crippen molar-refractivity contribution in [2.45, 2.75) is 12.6 Å². The SMILES string of the molecule is COc1ccccc1CNCC1CNCC1O. The number of nitrogens with one attached hydrogen (secondary N) is 2. The van der Waals surface area contributed by atoms with E-state index in [0.29, 0.717) is 12.5 Å². The second-order valence-corrected chi connectivity index (χ2v) is 4.43. The van der Waals surface area contributed by atoms with Crippen molar-refractivity contribution in [1.82, 2.24) is 10.6 Å². The van der Waals surface area contributed by atoms with Crippen molar-refractivity contribution in [3.63, 3.8) is 0 Å². The number of aliphatic hydroxyl groups is 1. The quantitative estimate of drug-likeness (QED) is 0.691. The molecule has 0 radical (unpaired) electrons. The fourth-order valence-electron chi connectivity index (χ4n) is 2.17. The maximum atomic E-state index is 9.66. The molecule has 0 bridgehead atoms. The van der Waals surface area contributed by atoms with Crippen LogP contribution in [-0.4, -0.2) is 38.0 Å². The van der Waals surface area contributed by atoms with Crippen LogP contribution in [0.1, 0.15) is 5.56 Å². The molecular formula is C13H20N2O2. The average Bonchev–Trinajstić information content (AvgIpc) is 2.76. The topological polar surface area (TPSA) is 53.5 Å². The molecule has 1 aromatic carbocycles. The van der Waals surface area contributed by atoms with Crippen molar-refractivity contribution in [3.05, 3.63) is 29.8 Å². The van der Waals surface area contributed by atoms with Crippen LogP contribution in [0.2, 0.25) is 0 Å². The van der Waals surface area contributed by atoms with Gasteiger partial charge in [-0.1, -0.05) is 18.2 Å². The number of hydrogen-bond donors (Lipinski definition) is 3. The Kier molecular flexibility index (Phi) is 4.36. The molecule has 2 atom stereocenters. The van der Waals surface area contributed by atoms with Crippen molar-refractivity contribution < 1.29 is 9.84 Å². The largest absolute Gasteiger partial charge is 0.496 e. The van der Waals surface area contributed by atoms with Gasteiger partial charge in [0.2, 0.25) is 0 Å². The Labute approximate surface area is 102 Å². The lowest BCUT2D eigenvalue weighted by Crippen LogP contribution is -2.30. The molecule has 0 aromatic heterocycles. The van der Waals surface area contributed by atoms with Crippen LogP contribution < -0.4 is 15.4 Å². The Bertz CT molecular complexity index is 357. The van der Waals surface area contributed by atoms with Crippen LogP contribution in [0.3, 0.4) is 0 Å². The molecule has 1 aromatic rings. The van der Waals surface area contributed by atoms with E-state index in [-0.39, 0.29) is 6.10 Å². The lowest BCUT2D eigenvalue weighted by Gasteiger charge is -2.15. The minimum Gasteiger partial charge on any atom is -0.496 e. The number of para-hydroxylation sites is 1. The minimum absolute atomic E-state index is 0.222. The van der Waals surface area contributed by atoms with Crippen LogP contribution in [0, 0.1) is 5.92 Å². The summed E-state index contributed by atoms with van der Waals surface area (Å²) in [5, 5.41) is 16.2. The lowest BCUT2D eigenvalue weighted by molar-refractivity contribution is 0.146. The van der Waals surface area contributed by atoms with E-state index in [9.17, 15) is 5.11 Å². The second kappa shape index (κ2) is 6.00. The Balaban J connectivity index is 1.81. The van der Waals surface area contributed by atoms with Gasteiger partial charge in [-0.25, -0.2) is 0 Å². The Morgan fingerprint density at radius 1 is 1.41 bits per heavy atom. The number of hydrogen-bond acceptors (Lipinski definition) is 4. The second-order valence-electron chi connectivity index (χ2n) is 4.43. The summed E-state index contributed by atoms with van der Waals surface area (Å²) in [6, 6.07) is 7.98. The molecule has 4 heteroatoms. The van der Waals surface area contributed by atoms with Crippen molar-refractivity contribution in [1.29, 1.82) is 0 Å². The van der Waals surface area contributed by atoms with Crippen molar-refractivity contribution in [2.75, 3.05) is 26.7 Å². The molecule has 94 valence electrons. The summed E-state index contributed by atoms with van der Waals surface area (Å²) in [5.74, 6) is 1.22. The standard InChI is InChI=1S/C13H20N2O2/c1-17-13-5-3-2-4-10(13)6-14-7-11-8-15-9-12(11)16/h2-5,11-12,14-16H,6-9H2,1H3. The molecule has 0 aliphatic carbocycles. The zero-order valence-electron chi connectivity index (χ0n) is 10.1. The third kappa shape index (κ3) is 3.19. The molecule has 17 heavy (non-hydrogen) atoms. The molecule has 1 saturated heterocycles. The Hall–Kier alpha value is -1.10. The van der Waals surface area contributed by atoms with Gasteiger partial charge in [0, 0.05) is 37.7 Å². The summed E-state index contributed by atoms with van der Waals surface area (Å²) in [6.45, 7) is 3.19. The van der Waals surface area contributed by atoms with Crippen molar-refractivity contribution in [2.24, 2.45) is 5.92 Å². The summed E-state index contributed by atoms with van der Waals surface area (Å²) in [7, 11) is 1.68. The average molecular weight is 236 g/mol. The zero-order chi connectivity index (χ0) is 12.1. The molecule has 0 amide bonds. The number of rotatable bonds is 5. The van der Waals surface area contributed by atoms with Gasteiger partial charge in [0.05, 0.1) is 13.2 Å². The van der Waals surface area contributed by atoms with Crippen LogP contribution in [0.4, 0.5) is 0 Å². The van der Waals surface area contributed by atoms with Crippen LogP contribution in [-0.2, 0) is 6.54 Å². The number of ether oxygens (including phenoxy) is 1. The molecule has 2 unspecified atom stereocenters. The summed E-state index contributed by atoms with van der Waals surface area (Å²) in [5.41, 5.74) is 1.15. The van der Waals surface area contributed by atoms with Crippen LogP contribution >= 0.6 is 0 Å². The van der Waals surface area contributed by atoms with E-state index in [1.54, 1.807) is 7.11 Å². The van der Waals surface area contributed by atoms with Gasteiger partial charge in [-0.15, -0.1) is 0 Å². The number of benzene rings is 1. The maximum absolute atomic E-state index is 9.66. The first-order valence-electron chi connectivity index (χ1n) is 6.02. The predicted molar refractivity (Wildman–Crippen MR) is 67.1 cm³/mol. The number of methoxy groups -OCH3 is 1. The fourth-order valence-corrected chi connectivity index (χ4v) is 2.17. The first kappa shape index (κ1) is 12.4. The van der Waals surface area contributed by atoms with Gasteiger partial charge in [-0.3, -0.25) is 0 Å². The van der Waals surface area contributed by atoms with E-state index in [1.807, 2.05) is 18.2 Å². The highest BCUT2D eigenvalue weighted by atomic mass is 16.5. The normalized spacial score (nSPS) is 23.9. The molecule has 1 aliphatic rings. The smallest absolute Gasteiger partial charge is 0.123 e. The molecule has 3 N–H and O–H groups in total. The van der Waals surface area contributed by atoms with Gasteiger partial charge in [0.1, 0.15) is 5.75 Å². The highest BCUT2D eigenvalue weighted by molar-refractivity contribution is 5.32. The molecule has 1 aliphatic heterocycles. The van der Waals surface area contributed by atoms with Crippen LogP contribution in [0.25, 0.3) is 0 Å². The van der Waals surface area contributed by atoms with Crippen molar-refractivity contribution in [3.8, 4) is 5.75 Å². The summed E-state index contributed by atoms with van der Waals surface area (Å²) >= 11 is 0.